The molecule has 16 heavy (non-hydrogen) atoms. The van der Waals surface area contributed by atoms with Gasteiger partial charge in [-0.2, -0.15) is 0 Å². The molecule has 92 valence electrons. The number of aromatic nitrogens is 2. The molecule has 0 aliphatic rings. The maximum absolute atomic E-state index is 10.9. The Hall–Kier alpha value is -0.680. The molecule has 1 rings (SSSR count). The molecule has 2 unspecified atom stereocenters. The van der Waals surface area contributed by atoms with Crippen molar-refractivity contribution >= 4 is 10.8 Å². The molecule has 0 radical (unpaired) electrons. The van der Waals surface area contributed by atoms with Crippen LogP contribution in [0.15, 0.2) is 12.4 Å². The Morgan fingerprint density at radius 3 is 2.94 bits per heavy atom. The quantitative estimate of drug-likeness (QED) is 0.775. The van der Waals surface area contributed by atoms with Crippen LogP contribution in [0.25, 0.3) is 0 Å². The van der Waals surface area contributed by atoms with E-state index in [0.717, 1.165) is 31.1 Å². The van der Waals surface area contributed by atoms with E-state index in [1.54, 1.807) is 6.26 Å². The fourth-order valence-electron chi connectivity index (χ4n) is 1.52. The highest BCUT2D eigenvalue weighted by Crippen LogP contribution is 1.95. The Morgan fingerprint density at radius 2 is 2.38 bits per heavy atom. The lowest BCUT2D eigenvalue weighted by Crippen LogP contribution is -2.30. The van der Waals surface area contributed by atoms with Crippen LogP contribution in [0.1, 0.15) is 19.2 Å². The number of rotatable bonds is 7. The molecular weight excluding hydrogens is 222 g/mol. The van der Waals surface area contributed by atoms with Crippen molar-refractivity contribution in [2.75, 3.05) is 18.6 Å². The lowest BCUT2D eigenvalue weighted by molar-refractivity contribution is 0.502. The molecule has 0 amide bonds. The van der Waals surface area contributed by atoms with Gasteiger partial charge in [-0.15, -0.1) is 0 Å². The zero-order chi connectivity index (χ0) is 12.0. The number of aryl methyl sites for hydroxylation is 1. The van der Waals surface area contributed by atoms with Crippen molar-refractivity contribution in [3.8, 4) is 0 Å². The van der Waals surface area contributed by atoms with Gasteiger partial charge in [0, 0.05) is 54.3 Å². The van der Waals surface area contributed by atoms with Crippen molar-refractivity contribution in [3.63, 3.8) is 0 Å². The minimum atomic E-state index is -0.680. The van der Waals surface area contributed by atoms with E-state index in [4.69, 9.17) is 0 Å². The molecule has 1 N–H and O–H groups in total. The standard InChI is InChI=1S/C11H21N3OS/c1-10(4-9-16(3)15)12-5-7-14-8-6-13-11(14)2/h6,8,10,12H,4-5,7,9H2,1-3H3. The summed E-state index contributed by atoms with van der Waals surface area (Å²) in [7, 11) is -0.680. The molecule has 1 aromatic rings. The lowest BCUT2D eigenvalue weighted by Gasteiger charge is -2.13. The third kappa shape index (κ3) is 4.90. The van der Waals surface area contributed by atoms with Crippen molar-refractivity contribution in [2.24, 2.45) is 0 Å². The smallest absolute Gasteiger partial charge is 0.105 e. The van der Waals surface area contributed by atoms with Crippen LogP contribution >= 0.6 is 0 Å². The van der Waals surface area contributed by atoms with Crippen LogP contribution < -0.4 is 5.32 Å². The van der Waals surface area contributed by atoms with E-state index in [1.165, 1.54) is 0 Å². The largest absolute Gasteiger partial charge is 0.334 e. The summed E-state index contributed by atoms with van der Waals surface area (Å²) >= 11 is 0. The predicted octanol–water partition coefficient (Wildman–Crippen LogP) is 0.938. The minimum absolute atomic E-state index is 0.424. The highest BCUT2D eigenvalue weighted by Gasteiger charge is 2.02. The number of nitrogens with one attached hydrogen (secondary N) is 1. The number of hydrogen-bond acceptors (Lipinski definition) is 3. The van der Waals surface area contributed by atoms with Gasteiger partial charge in [-0.3, -0.25) is 4.21 Å². The molecule has 0 aliphatic heterocycles. The summed E-state index contributed by atoms with van der Waals surface area (Å²) in [6.07, 6.45) is 6.52. The second-order valence-electron chi connectivity index (χ2n) is 4.09. The molecule has 1 heterocycles. The van der Waals surface area contributed by atoms with Gasteiger partial charge < -0.3 is 9.88 Å². The van der Waals surface area contributed by atoms with E-state index in [9.17, 15) is 4.21 Å². The van der Waals surface area contributed by atoms with E-state index in [1.807, 2.05) is 19.3 Å². The number of imidazole rings is 1. The fraction of sp³-hybridized carbons (Fsp3) is 0.727. The number of hydrogen-bond donors (Lipinski definition) is 1. The first-order valence-corrected chi connectivity index (χ1v) is 7.33. The molecule has 0 saturated carbocycles. The van der Waals surface area contributed by atoms with Gasteiger partial charge in [-0.05, 0) is 20.3 Å². The first kappa shape index (κ1) is 13.4. The summed E-state index contributed by atoms with van der Waals surface area (Å²) in [5.41, 5.74) is 0. The Kier molecular flexibility index (Phi) is 5.69. The van der Waals surface area contributed by atoms with Crippen LogP contribution in [0.4, 0.5) is 0 Å². The van der Waals surface area contributed by atoms with Gasteiger partial charge in [0.2, 0.25) is 0 Å². The van der Waals surface area contributed by atoms with Gasteiger partial charge in [0.15, 0.2) is 0 Å². The van der Waals surface area contributed by atoms with Gasteiger partial charge in [-0.1, -0.05) is 0 Å². The summed E-state index contributed by atoms with van der Waals surface area (Å²) in [6.45, 7) is 6.00. The van der Waals surface area contributed by atoms with E-state index in [-0.39, 0.29) is 0 Å². The second-order valence-corrected chi connectivity index (χ2v) is 5.64. The summed E-state index contributed by atoms with van der Waals surface area (Å²) in [5, 5.41) is 3.42. The summed E-state index contributed by atoms with van der Waals surface area (Å²) in [5.74, 6) is 1.82. The molecule has 0 spiro atoms. The average Bonchev–Trinajstić information content (AvgIpc) is 2.61. The Morgan fingerprint density at radius 1 is 1.62 bits per heavy atom. The molecule has 0 aromatic carbocycles. The van der Waals surface area contributed by atoms with Crippen LogP contribution in [-0.2, 0) is 17.3 Å². The molecule has 2 atom stereocenters. The lowest BCUT2D eigenvalue weighted by atomic mass is 10.2. The van der Waals surface area contributed by atoms with Crippen LogP contribution in [0.3, 0.4) is 0 Å². The zero-order valence-electron chi connectivity index (χ0n) is 10.3. The second kappa shape index (κ2) is 6.81. The van der Waals surface area contributed by atoms with Crippen molar-refractivity contribution in [1.82, 2.24) is 14.9 Å². The van der Waals surface area contributed by atoms with E-state index in [2.05, 4.69) is 21.8 Å². The summed E-state index contributed by atoms with van der Waals surface area (Å²) in [4.78, 5) is 4.17. The normalized spacial score (nSPS) is 14.9. The predicted molar refractivity (Wildman–Crippen MR) is 68.0 cm³/mol. The van der Waals surface area contributed by atoms with Crippen molar-refractivity contribution in [2.45, 2.75) is 32.9 Å². The maximum Gasteiger partial charge on any atom is 0.105 e. The van der Waals surface area contributed by atoms with Crippen LogP contribution in [0, 0.1) is 6.92 Å². The van der Waals surface area contributed by atoms with Crippen molar-refractivity contribution in [3.05, 3.63) is 18.2 Å². The molecule has 0 saturated heterocycles. The topological polar surface area (TPSA) is 46.9 Å². The van der Waals surface area contributed by atoms with Crippen molar-refractivity contribution in [1.29, 1.82) is 0 Å². The van der Waals surface area contributed by atoms with Crippen LogP contribution in [-0.4, -0.2) is 38.4 Å². The number of nitrogens with zero attached hydrogens (tertiary/aromatic N) is 2. The third-order valence-corrected chi connectivity index (χ3v) is 3.42. The van der Waals surface area contributed by atoms with Crippen LogP contribution in [0.5, 0.6) is 0 Å². The fourth-order valence-corrected chi connectivity index (χ4v) is 2.20. The first-order chi connectivity index (χ1) is 7.59. The first-order valence-electron chi connectivity index (χ1n) is 5.60. The van der Waals surface area contributed by atoms with Gasteiger partial charge >= 0.3 is 0 Å². The molecule has 5 heteroatoms. The average molecular weight is 243 g/mol. The minimum Gasteiger partial charge on any atom is -0.334 e. The van der Waals surface area contributed by atoms with Gasteiger partial charge in [0.25, 0.3) is 0 Å². The Labute approximate surface area is 99.9 Å². The maximum atomic E-state index is 10.9. The van der Waals surface area contributed by atoms with Crippen LogP contribution in [0.2, 0.25) is 0 Å². The van der Waals surface area contributed by atoms with Gasteiger partial charge in [-0.25, -0.2) is 4.98 Å². The summed E-state index contributed by atoms with van der Waals surface area (Å²) in [6, 6.07) is 0.424. The molecule has 1 aromatic heterocycles. The van der Waals surface area contributed by atoms with E-state index < -0.39 is 10.8 Å². The highest BCUT2D eigenvalue weighted by molar-refractivity contribution is 7.84. The third-order valence-electron chi connectivity index (χ3n) is 2.61. The molecule has 0 fully saturated rings. The highest BCUT2D eigenvalue weighted by atomic mass is 32.2. The van der Waals surface area contributed by atoms with E-state index in [0.29, 0.717) is 6.04 Å². The SMILES string of the molecule is Cc1nccn1CCNC(C)CCS(C)=O. The van der Waals surface area contributed by atoms with E-state index >= 15 is 0 Å². The van der Waals surface area contributed by atoms with Gasteiger partial charge in [0.05, 0.1) is 0 Å². The monoisotopic (exact) mass is 243 g/mol. The summed E-state index contributed by atoms with van der Waals surface area (Å²) < 4.78 is 13.0. The zero-order valence-corrected chi connectivity index (χ0v) is 11.1. The Balaban J connectivity index is 2.15. The molecule has 0 bridgehead atoms. The Bertz CT molecular complexity index is 338. The molecular formula is C11H21N3OS. The van der Waals surface area contributed by atoms with Gasteiger partial charge in [0.1, 0.15) is 5.82 Å². The molecule has 4 nitrogen and oxygen atoms in total. The molecule has 0 aliphatic carbocycles. The van der Waals surface area contributed by atoms with Crippen molar-refractivity contribution < 1.29 is 4.21 Å².